The van der Waals surface area contributed by atoms with Gasteiger partial charge < -0.3 is 21.3 Å². The van der Waals surface area contributed by atoms with Gasteiger partial charge in [0.15, 0.2) is 0 Å². The Morgan fingerprint density at radius 3 is 2.50 bits per heavy atom. The molecule has 1 aliphatic heterocycles. The molecule has 1 heterocycles. The summed E-state index contributed by atoms with van der Waals surface area (Å²) in [6.45, 7) is 5.33. The van der Waals surface area contributed by atoms with Crippen molar-refractivity contribution in [2.75, 3.05) is 30.3 Å². The molecule has 20 heavy (non-hydrogen) atoms. The normalized spacial score (nSPS) is 13.2. The first-order chi connectivity index (χ1) is 9.49. The number of nitrogens with zero attached hydrogens (tertiary/aromatic N) is 1. The van der Waals surface area contributed by atoms with Gasteiger partial charge >= 0.3 is 0 Å². The Morgan fingerprint density at radius 2 is 1.90 bits per heavy atom. The molecule has 0 aromatic heterocycles. The van der Waals surface area contributed by atoms with Crippen molar-refractivity contribution in [2.45, 2.75) is 19.9 Å². The summed E-state index contributed by atoms with van der Waals surface area (Å²) < 4.78 is 0. The molecule has 1 aromatic carbocycles. The number of primary amides is 1. The minimum Gasteiger partial charge on any atom is -0.382 e. The van der Waals surface area contributed by atoms with Crippen LogP contribution in [0, 0.1) is 0 Å². The van der Waals surface area contributed by atoms with Gasteiger partial charge in [0.2, 0.25) is 5.91 Å². The van der Waals surface area contributed by atoms with E-state index < -0.39 is 5.91 Å². The number of nitrogens with two attached hydrogens (primary N) is 1. The van der Waals surface area contributed by atoms with Crippen LogP contribution in [0.5, 0.6) is 0 Å². The van der Waals surface area contributed by atoms with Gasteiger partial charge in [-0.25, -0.2) is 0 Å². The van der Waals surface area contributed by atoms with Gasteiger partial charge in [-0.05, 0) is 32.0 Å². The molecule has 6 heteroatoms. The maximum atomic E-state index is 12.5. The lowest BCUT2D eigenvalue weighted by molar-refractivity contribution is -0.119. The van der Waals surface area contributed by atoms with Crippen molar-refractivity contribution in [3.05, 3.63) is 23.8 Å². The van der Waals surface area contributed by atoms with E-state index in [1.54, 1.807) is 12.1 Å². The fourth-order valence-corrected chi connectivity index (χ4v) is 2.19. The molecule has 0 bridgehead atoms. The second-order valence-corrected chi connectivity index (χ2v) is 5.11. The largest absolute Gasteiger partial charge is 0.382 e. The van der Waals surface area contributed by atoms with Gasteiger partial charge in [0.25, 0.3) is 5.91 Å². The van der Waals surface area contributed by atoms with Gasteiger partial charge in [0.1, 0.15) is 0 Å². The Bertz CT molecular complexity index is 528. The minimum absolute atomic E-state index is 0.0702. The summed E-state index contributed by atoms with van der Waals surface area (Å²) in [5.41, 5.74) is 7.65. The summed E-state index contributed by atoms with van der Waals surface area (Å²) in [4.78, 5) is 25.0. The number of anilines is 2. The molecule has 0 spiro atoms. The first-order valence-corrected chi connectivity index (χ1v) is 6.70. The number of fused-ring (bicyclic) bond motifs is 1. The van der Waals surface area contributed by atoms with Crippen LogP contribution in [0.1, 0.15) is 24.2 Å². The van der Waals surface area contributed by atoms with E-state index in [4.69, 9.17) is 5.73 Å². The Kier molecular flexibility index (Phi) is 4.12. The van der Waals surface area contributed by atoms with E-state index in [1.807, 2.05) is 19.9 Å². The molecule has 1 aliphatic rings. The first kappa shape index (κ1) is 14.2. The van der Waals surface area contributed by atoms with Gasteiger partial charge in [-0.3, -0.25) is 9.59 Å². The third-order valence-corrected chi connectivity index (χ3v) is 3.23. The van der Waals surface area contributed by atoms with Crippen LogP contribution in [0.4, 0.5) is 11.4 Å². The Labute approximate surface area is 118 Å². The lowest BCUT2D eigenvalue weighted by atomic mass is 10.1. The fraction of sp³-hybridized carbons (Fsp3) is 0.429. The molecule has 0 aliphatic carbocycles. The molecule has 0 atom stereocenters. The highest BCUT2D eigenvalue weighted by Gasteiger charge is 2.21. The highest BCUT2D eigenvalue weighted by atomic mass is 16.2. The number of amides is 2. The van der Waals surface area contributed by atoms with E-state index >= 15 is 0 Å². The molecule has 6 nitrogen and oxygen atoms in total. The van der Waals surface area contributed by atoms with Crippen molar-refractivity contribution in [1.29, 1.82) is 0 Å². The highest BCUT2D eigenvalue weighted by molar-refractivity contribution is 5.98. The molecule has 0 unspecified atom stereocenters. The summed E-state index contributed by atoms with van der Waals surface area (Å²) in [6, 6.07) is 5.35. The summed E-state index contributed by atoms with van der Waals surface area (Å²) >= 11 is 0. The van der Waals surface area contributed by atoms with Crippen LogP contribution < -0.4 is 16.4 Å². The van der Waals surface area contributed by atoms with Gasteiger partial charge in [0.05, 0.1) is 17.9 Å². The average molecular weight is 276 g/mol. The van der Waals surface area contributed by atoms with E-state index in [-0.39, 0.29) is 18.5 Å². The van der Waals surface area contributed by atoms with Crippen LogP contribution >= 0.6 is 0 Å². The van der Waals surface area contributed by atoms with Crippen LogP contribution in [0.15, 0.2) is 18.2 Å². The number of carbonyl (C=O) groups excluding carboxylic acids is 2. The standard InChI is InChI=1S/C14H20N4O2/c1-9(2)18(8-13(15)19)14(20)10-3-4-11-12(7-10)17-6-5-16-11/h3-4,7,9,16-17H,5-6,8H2,1-2H3,(H2,15,19). The quantitative estimate of drug-likeness (QED) is 0.761. The lowest BCUT2D eigenvalue weighted by Crippen LogP contribution is -2.42. The second-order valence-electron chi connectivity index (χ2n) is 5.11. The van der Waals surface area contributed by atoms with Crippen LogP contribution in [0.3, 0.4) is 0 Å². The van der Waals surface area contributed by atoms with Crippen LogP contribution in [0.25, 0.3) is 0 Å². The third-order valence-electron chi connectivity index (χ3n) is 3.23. The van der Waals surface area contributed by atoms with E-state index in [2.05, 4.69) is 10.6 Å². The maximum Gasteiger partial charge on any atom is 0.254 e. The Morgan fingerprint density at radius 1 is 1.25 bits per heavy atom. The minimum atomic E-state index is -0.509. The topological polar surface area (TPSA) is 87.5 Å². The molecule has 4 N–H and O–H groups in total. The molecule has 0 fully saturated rings. The predicted molar refractivity (Wildman–Crippen MR) is 78.8 cm³/mol. The molecule has 0 saturated carbocycles. The summed E-state index contributed by atoms with van der Waals surface area (Å²) in [5, 5.41) is 6.49. The maximum absolute atomic E-state index is 12.5. The van der Waals surface area contributed by atoms with Gasteiger partial charge in [-0.15, -0.1) is 0 Å². The van der Waals surface area contributed by atoms with Gasteiger partial charge in [-0.2, -0.15) is 0 Å². The van der Waals surface area contributed by atoms with Crippen molar-refractivity contribution < 1.29 is 9.59 Å². The monoisotopic (exact) mass is 276 g/mol. The summed E-state index contributed by atoms with van der Waals surface area (Å²) in [7, 11) is 0. The summed E-state index contributed by atoms with van der Waals surface area (Å²) in [5.74, 6) is -0.696. The predicted octanol–water partition coefficient (Wildman–Crippen LogP) is 0.860. The van der Waals surface area contributed by atoms with Crippen molar-refractivity contribution in [3.63, 3.8) is 0 Å². The highest BCUT2D eigenvalue weighted by Crippen LogP contribution is 2.26. The fourth-order valence-electron chi connectivity index (χ4n) is 2.19. The average Bonchev–Trinajstić information content (AvgIpc) is 2.43. The molecule has 0 saturated heterocycles. The van der Waals surface area contributed by atoms with E-state index in [0.29, 0.717) is 5.56 Å². The molecule has 108 valence electrons. The second kappa shape index (κ2) is 5.81. The third kappa shape index (κ3) is 3.01. The number of hydrogen-bond donors (Lipinski definition) is 3. The number of benzene rings is 1. The van der Waals surface area contributed by atoms with Crippen molar-refractivity contribution >= 4 is 23.2 Å². The molecular weight excluding hydrogens is 256 g/mol. The van der Waals surface area contributed by atoms with Gasteiger partial charge in [-0.1, -0.05) is 0 Å². The van der Waals surface area contributed by atoms with Gasteiger partial charge in [0, 0.05) is 24.7 Å². The van der Waals surface area contributed by atoms with E-state index in [1.165, 1.54) is 4.90 Å². The van der Waals surface area contributed by atoms with Crippen molar-refractivity contribution in [2.24, 2.45) is 5.73 Å². The zero-order valence-corrected chi connectivity index (χ0v) is 11.8. The smallest absolute Gasteiger partial charge is 0.254 e. The first-order valence-electron chi connectivity index (χ1n) is 6.70. The van der Waals surface area contributed by atoms with E-state index in [9.17, 15) is 9.59 Å². The Balaban J connectivity index is 2.24. The molecule has 2 rings (SSSR count). The molecular formula is C14H20N4O2. The number of carbonyl (C=O) groups is 2. The molecule has 1 aromatic rings. The molecule has 2 amide bonds. The van der Waals surface area contributed by atoms with Crippen molar-refractivity contribution in [1.82, 2.24) is 4.90 Å². The molecule has 0 radical (unpaired) electrons. The Hall–Kier alpha value is -2.24. The SMILES string of the molecule is CC(C)N(CC(N)=O)C(=O)c1ccc2c(c1)NCCN2. The van der Waals surface area contributed by atoms with Crippen molar-refractivity contribution in [3.8, 4) is 0 Å². The summed E-state index contributed by atoms with van der Waals surface area (Å²) in [6.07, 6.45) is 0. The van der Waals surface area contributed by atoms with Crippen LogP contribution in [-0.2, 0) is 4.79 Å². The van der Waals surface area contributed by atoms with Crippen LogP contribution in [-0.4, -0.2) is 42.4 Å². The number of hydrogen-bond acceptors (Lipinski definition) is 4. The zero-order chi connectivity index (χ0) is 14.7. The van der Waals surface area contributed by atoms with Crippen LogP contribution in [0.2, 0.25) is 0 Å². The number of rotatable bonds is 4. The lowest BCUT2D eigenvalue weighted by Gasteiger charge is -2.26. The van der Waals surface area contributed by atoms with E-state index in [0.717, 1.165) is 24.5 Å². The number of nitrogens with one attached hydrogen (secondary N) is 2. The zero-order valence-electron chi connectivity index (χ0n) is 11.8.